The molecule has 6 heteroatoms. The Kier molecular flexibility index (Phi) is 3.89. The fraction of sp³-hybridized carbons (Fsp3) is 0.538. The summed E-state index contributed by atoms with van der Waals surface area (Å²) < 4.78 is 22.9. The van der Waals surface area contributed by atoms with Gasteiger partial charge >= 0.3 is 5.97 Å². The highest BCUT2D eigenvalue weighted by Crippen LogP contribution is 2.28. The van der Waals surface area contributed by atoms with E-state index in [0.29, 0.717) is 12.8 Å². The van der Waals surface area contributed by atoms with Gasteiger partial charge in [-0.05, 0) is 36.8 Å². The molecule has 1 fully saturated rings. The van der Waals surface area contributed by atoms with Gasteiger partial charge in [0.1, 0.15) is 0 Å². The van der Waals surface area contributed by atoms with Crippen molar-refractivity contribution in [3.63, 3.8) is 0 Å². The molecule has 0 aromatic carbocycles. The Balaban J connectivity index is 2.16. The van der Waals surface area contributed by atoms with Gasteiger partial charge in [0.2, 0.25) is 0 Å². The van der Waals surface area contributed by atoms with E-state index in [-0.39, 0.29) is 17.4 Å². The molecule has 0 radical (unpaired) electrons. The molecule has 2 atom stereocenters. The number of carbonyl (C=O) groups is 1. The van der Waals surface area contributed by atoms with Crippen LogP contribution < -0.4 is 0 Å². The van der Waals surface area contributed by atoms with Crippen LogP contribution in [-0.4, -0.2) is 36.0 Å². The molecule has 2 rings (SSSR count). The van der Waals surface area contributed by atoms with Gasteiger partial charge in [-0.1, -0.05) is 6.07 Å². The van der Waals surface area contributed by atoms with Crippen molar-refractivity contribution < 1.29 is 18.3 Å². The highest BCUT2D eigenvalue weighted by Gasteiger charge is 2.37. The second-order valence-corrected chi connectivity index (χ2v) is 7.41. The summed E-state index contributed by atoms with van der Waals surface area (Å²) in [6, 6.07) is 1.90. The van der Waals surface area contributed by atoms with Gasteiger partial charge in [0.15, 0.2) is 9.84 Å². The van der Waals surface area contributed by atoms with Gasteiger partial charge in [0.05, 0.1) is 17.4 Å². The number of pyridine rings is 1. The van der Waals surface area contributed by atoms with Gasteiger partial charge in [0.25, 0.3) is 0 Å². The summed E-state index contributed by atoms with van der Waals surface area (Å²) in [6.07, 6.45) is 4.13. The van der Waals surface area contributed by atoms with E-state index in [1.807, 2.05) is 13.0 Å². The Morgan fingerprint density at radius 2 is 2.26 bits per heavy atom. The van der Waals surface area contributed by atoms with Crippen molar-refractivity contribution in [3.05, 3.63) is 29.6 Å². The average molecular weight is 283 g/mol. The Morgan fingerprint density at radius 1 is 1.53 bits per heavy atom. The van der Waals surface area contributed by atoms with Crippen molar-refractivity contribution in [1.82, 2.24) is 4.98 Å². The maximum Gasteiger partial charge on any atom is 0.307 e. The maximum atomic E-state index is 11.5. The number of carboxylic acid groups (broad SMARTS) is 1. The monoisotopic (exact) mass is 283 g/mol. The molecule has 104 valence electrons. The van der Waals surface area contributed by atoms with E-state index in [1.165, 1.54) is 0 Å². The molecule has 0 saturated carbocycles. The number of aryl methyl sites for hydroxylation is 1. The van der Waals surface area contributed by atoms with Crippen LogP contribution in [0.5, 0.6) is 0 Å². The van der Waals surface area contributed by atoms with Crippen LogP contribution in [0.3, 0.4) is 0 Å². The molecule has 1 N–H and O–H groups in total. The van der Waals surface area contributed by atoms with Crippen LogP contribution in [0, 0.1) is 18.8 Å². The Hall–Kier alpha value is -1.43. The van der Waals surface area contributed by atoms with Crippen molar-refractivity contribution in [2.45, 2.75) is 19.8 Å². The van der Waals surface area contributed by atoms with Gasteiger partial charge in [-0.15, -0.1) is 0 Å². The van der Waals surface area contributed by atoms with Crippen molar-refractivity contribution in [1.29, 1.82) is 0 Å². The average Bonchev–Trinajstić information content (AvgIpc) is 2.66. The molecule has 1 aromatic heterocycles. The summed E-state index contributed by atoms with van der Waals surface area (Å²) in [5, 5.41) is 9.32. The number of rotatable bonds is 4. The summed E-state index contributed by atoms with van der Waals surface area (Å²) in [5.74, 6) is -1.77. The minimum Gasteiger partial charge on any atom is -0.481 e. The second-order valence-electron chi connectivity index (χ2n) is 5.18. The van der Waals surface area contributed by atoms with Crippen molar-refractivity contribution in [2.24, 2.45) is 11.8 Å². The molecule has 0 bridgehead atoms. The molecular formula is C13H17NO4S. The highest BCUT2D eigenvalue weighted by molar-refractivity contribution is 7.91. The van der Waals surface area contributed by atoms with E-state index < -0.39 is 21.7 Å². The van der Waals surface area contributed by atoms with Crippen molar-refractivity contribution >= 4 is 15.8 Å². The van der Waals surface area contributed by atoms with E-state index >= 15 is 0 Å². The molecule has 0 spiro atoms. The third-order valence-corrected chi connectivity index (χ3v) is 5.33. The Bertz CT molecular complexity index is 582. The smallest absolute Gasteiger partial charge is 0.307 e. The third kappa shape index (κ3) is 3.53. The molecule has 1 saturated heterocycles. The van der Waals surface area contributed by atoms with Crippen LogP contribution in [0.1, 0.15) is 17.5 Å². The highest BCUT2D eigenvalue weighted by atomic mass is 32.2. The molecule has 1 aromatic rings. The predicted molar refractivity (Wildman–Crippen MR) is 70.6 cm³/mol. The minimum atomic E-state index is -3.05. The third-order valence-electron chi connectivity index (χ3n) is 3.54. The molecule has 1 aliphatic rings. The van der Waals surface area contributed by atoms with E-state index in [1.54, 1.807) is 12.4 Å². The normalized spacial score (nSPS) is 23.1. The first-order valence-corrected chi connectivity index (χ1v) is 8.03. The zero-order chi connectivity index (χ0) is 14.0. The van der Waals surface area contributed by atoms with Gasteiger partial charge in [-0.3, -0.25) is 9.78 Å². The minimum absolute atomic E-state index is 0.0107. The topological polar surface area (TPSA) is 84.3 Å². The summed E-state index contributed by atoms with van der Waals surface area (Å²) in [6.45, 7) is 1.90. The molecule has 0 amide bonds. The Labute approximate surface area is 112 Å². The van der Waals surface area contributed by atoms with E-state index in [0.717, 1.165) is 11.1 Å². The lowest BCUT2D eigenvalue weighted by atomic mass is 9.86. The van der Waals surface area contributed by atoms with Crippen molar-refractivity contribution in [2.75, 3.05) is 11.5 Å². The fourth-order valence-electron chi connectivity index (χ4n) is 2.58. The maximum absolute atomic E-state index is 11.5. The lowest BCUT2D eigenvalue weighted by Crippen LogP contribution is -2.26. The molecule has 2 heterocycles. The molecule has 5 nitrogen and oxygen atoms in total. The SMILES string of the molecule is Cc1cncc(CC(C(=O)O)C2CCS(=O)(=O)C2)c1. The number of hydrogen-bond acceptors (Lipinski definition) is 4. The number of aromatic nitrogens is 1. The molecule has 2 unspecified atom stereocenters. The Morgan fingerprint density at radius 3 is 2.79 bits per heavy atom. The number of carboxylic acids is 1. The largest absolute Gasteiger partial charge is 0.481 e. The summed E-state index contributed by atoms with van der Waals surface area (Å²) in [5.41, 5.74) is 1.82. The number of hydrogen-bond donors (Lipinski definition) is 1. The zero-order valence-corrected chi connectivity index (χ0v) is 11.6. The summed E-state index contributed by atoms with van der Waals surface area (Å²) >= 11 is 0. The van der Waals surface area contributed by atoms with Gasteiger partial charge in [-0.25, -0.2) is 8.42 Å². The predicted octanol–water partition coefficient (Wildman–Crippen LogP) is 1.07. The number of aliphatic carboxylic acids is 1. The van der Waals surface area contributed by atoms with Crippen LogP contribution in [0.2, 0.25) is 0 Å². The summed E-state index contributed by atoms with van der Waals surface area (Å²) in [4.78, 5) is 15.4. The molecule has 19 heavy (non-hydrogen) atoms. The van der Waals surface area contributed by atoms with Gasteiger partial charge in [-0.2, -0.15) is 0 Å². The van der Waals surface area contributed by atoms with Crippen LogP contribution in [-0.2, 0) is 21.1 Å². The molecular weight excluding hydrogens is 266 g/mol. The van der Waals surface area contributed by atoms with Crippen LogP contribution in [0.25, 0.3) is 0 Å². The van der Waals surface area contributed by atoms with Gasteiger partial charge < -0.3 is 5.11 Å². The first-order chi connectivity index (χ1) is 8.87. The van der Waals surface area contributed by atoms with Crippen molar-refractivity contribution in [3.8, 4) is 0 Å². The van der Waals surface area contributed by atoms with E-state index in [4.69, 9.17) is 0 Å². The standard InChI is InChI=1S/C13H17NO4S/c1-9-4-10(7-14-6-9)5-12(13(15)16)11-2-3-19(17,18)8-11/h4,6-7,11-12H,2-3,5,8H2,1H3,(H,15,16). The lowest BCUT2D eigenvalue weighted by molar-refractivity contribution is -0.143. The van der Waals surface area contributed by atoms with Gasteiger partial charge in [0, 0.05) is 12.4 Å². The fourth-order valence-corrected chi connectivity index (χ4v) is 4.46. The first kappa shape index (κ1) is 14.0. The van der Waals surface area contributed by atoms with Crippen LogP contribution in [0.4, 0.5) is 0 Å². The quantitative estimate of drug-likeness (QED) is 0.893. The lowest BCUT2D eigenvalue weighted by Gasteiger charge is -2.18. The molecule has 0 aliphatic carbocycles. The van der Waals surface area contributed by atoms with Crippen LogP contribution in [0.15, 0.2) is 18.5 Å². The van der Waals surface area contributed by atoms with E-state index in [2.05, 4.69) is 4.98 Å². The molecule has 1 aliphatic heterocycles. The van der Waals surface area contributed by atoms with Crippen LogP contribution >= 0.6 is 0 Å². The second kappa shape index (κ2) is 5.28. The number of sulfone groups is 1. The zero-order valence-electron chi connectivity index (χ0n) is 10.7. The summed E-state index contributed by atoms with van der Waals surface area (Å²) in [7, 11) is -3.05. The number of nitrogens with zero attached hydrogens (tertiary/aromatic N) is 1. The van der Waals surface area contributed by atoms with E-state index in [9.17, 15) is 18.3 Å². The first-order valence-electron chi connectivity index (χ1n) is 6.21.